The van der Waals surface area contributed by atoms with Gasteiger partial charge >= 0.3 is 0 Å². The van der Waals surface area contributed by atoms with Gasteiger partial charge in [-0.3, -0.25) is 10.1 Å². The van der Waals surface area contributed by atoms with E-state index >= 15 is 0 Å². The molecule has 0 saturated carbocycles. The summed E-state index contributed by atoms with van der Waals surface area (Å²) < 4.78 is 6.07. The molecule has 8 heteroatoms. The monoisotopic (exact) mass is 451 g/mol. The number of alkyl halides is 3. The van der Waals surface area contributed by atoms with Gasteiger partial charge in [-0.1, -0.05) is 65.1 Å². The highest BCUT2D eigenvalue weighted by molar-refractivity contribution is 6.67. The van der Waals surface area contributed by atoms with E-state index in [0.29, 0.717) is 11.8 Å². The van der Waals surface area contributed by atoms with Crippen LogP contribution in [0.1, 0.15) is 28.8 Å². The van der Waals surface area contributed by atoms with E-state index in [2.05, 4.69) is 22.0 Å². The lowest BCUT2D eigenvalue weighted by Crippen LogP contribution is -2.48. The topological polar surface area (TPSA) is 67.0 Å². The number of carbonyl (C=O) groups is 1. The molecule has 3 rings (SSSR count). The van der Waals surface area contributed by atoms with Crippen LogP contribution in [0, 0.1) is 11.3 Å². The van der Waals surface area contributed by atoms with Crippen LogP contribution in [0.3, 0.4) is 0 Å². The number of hydrogen-bond acceptors (Lipinski definition) is 4. The molecule has 1 aliphatic rings. The first-order valence-electron chi connectivity index (χ1n) is 9.06. The van der Waals surface area contributed by atoms with Crippen LogP contribution in [-0.4, -0.2) is 34.0 Å². The Hall–Kier alpha value is -1.81. The van der Waals surface area contributed by atoms with Gasteiger partial charge in [0.05, 0.1) is 12.2 Å². The molecule has 0 saturated heterocycles. The quantitative estimate of drug-likeness (QED) is 0.404. The molecule has 0 fully saturated rings. The number of likely N-dealkylation sites (N-methyl/N-ethyl adjacent to an activating group) is 1. The summed E-state index contributed by atoms with van der Waals surface area (Å²) >= 11 is 17.4. The largest absolute Gasteiger partial charge is 0.349 e. The number of carbonyl (C=O) groups excluding carboxylic acids is 1. The highest BCUT2D eigenvalue weighted by Gasteiger charge is 2.33. The third kappa shape index (κ3) is 5.03. The van der Waals surface area contributed by atoms with Gasteiger partial charge in [0.2, 0.25) is 3.79 Å². The lowest BCUT2D eigenvalue weighted by atomic mass is 9.94. The molecule has 152 valence electrons. The van der Waals surface area contributed by atoms with Gasteiger partial charge in [-0.2, -0.15) is 5.26 Å². The molecule has 0 amide bonds. The number of ether oxygens (including phenoxy) is 1. The Morgan fingerprint density at radius 2 is 2.10 bits per heavy atom. The highest BCUT2D eigenvalue weighted by atomic mass is 35.6. The maximum atomic E-state index is 11.9. The summed E-state index contributed by atoms with van der Waals surface area (Å²) in [7, 11) is 1.61. The number of benzene rings is 1. The molecule has 1 atom stereocenters. The summed E-state index contributed by atoms with van der Waals surface area (Å²) in [5.74, 6) is 0. The summed E-state index contributed by atoms with van der Waals surface area (Å²) in [5, 5.41) is 12.2. The molecular weight excluding hydrogens is 433 g/mol. The van der Waals surface area contributed by atoms with Crippen LogP contribution < -0.4 is 5.32 Å². The van der Waals surface area contributed by atoms with Gasteiger partial charge in [-0.05, 0) is 30.7 Å². The molecular formula is C21H20Cl3N3O2. The fourth-order valence-corrected chi connectivity index (χ4v) is 3.58. The predicted octanol–water partition coefficient (Wildman–Crippen LogP) is 4.24. The second-order valence-electron chi connectivity index (χ2n) is 6.81. The van der Waals surface area contributed by atoms with Crippen molar-refractivity contribution < 1.29 is 9.53 Å². The molecule has 1 aliphatic heterocycles. The molecule has 1 aromatic carbocycles. The van der Waals surface area contributed by atoms with Crippen molar-refractivity contribution in [3.05, 3.63) is 65.0 Å². The van der Waals surface area contributed by atoms with Crippen LogP contribution >= 0.6 is 34.8 Å². The zero-order chi connectivity index (χ0) is 21.1. The van der Waals surface area contributed by atoms with E-state index in [1.54, 1.807) is 7.05 Å². The van der Waals surface area contributed by atoms with Crippen molar-refractivity contribution in [3.8, 4) is 6.07 Å². The Balaban J connectivity index is 2.03. The number of rotatable bonds is 6. The van der Waals surface area contributed by atoms with Crippen molar-refractivity contribution in [2.75, 3.05) is 13.7 Å². The van der Waals surface area contributed by atoms with Crippen molar-refractivity contribution in [1.29, 1.82) is 5.26 Å². The molecule has 1 unspecified atom stereocenters. The molecule has 0 radical (unpaired) electrons. The molecule has 2 heterocycles. The minimum Gasteiger partial charge on any atom is -0.349 e. The first kappa shape index (κ1) is 21.9. The van der Waals surface area contributed by atoms with Gasteiger partial charge in [0.1, 0.15) is 6.07 Å². The Morgan fingerprint density at radius 1 is 1.34 bits per heavy atom. The molecule has 29 heavy (non-hydrogen) atoms. The lowest BCUT2D eigenvalue weighted by molar-refractivity contribution is -0.134. The fraction of sp³-hybridized carbons (Fsp3) is 0.333. The number of halogens is 3. The van der Waals surface area contributed by atoms with E-state index in [1.165, 1.54) is 5.56 Å². The Morgan fingerprint density at radius 3 is 2.76 bits per heavy atom. The van der Waals surface area contributed by atoms with E-state index in [-0.39, 0.29) is 13.0 Å². The van der Waals surface area contributed by atoms with Crippen molar-refractivity contribution in [2.45, 2.75) is 28.9 Å². The van der Waals surface area contributed by atoms with Crippen LogP contribution in [0.4, 0.5) is 0 Å². The van der Waals surface area contributed by atoms with E-state index in [1.807, 2.05) is 36.5 Å². The lowest BCUT2D eigenvalue weighted by Gasteiger charge is -2.29. The normalized spacial score (nSPS) is 17.0. The number of aromatic nitrogens is 1. The molecule has 0 aliphatic carbocycles. The molecule has 1 aromatic heterocycles. The van der Waals surface area contributed by atoms with Crippen LogP contribution in [-0.2, 0) is 22.5 Å². The zero-order valence-electron chi connectivity index (χ0n) is 15.8. The molecule has 1 N–H and O–H groups in total. The third-order valence-electron chi connectivity index (χ3n) is 4.95. The highest BCUT2D eigenvalue weighted by Crippen LogP contribution is 2.33. The van der Waals surface area contributed by atoms with Gasteiger partial charge < -0.3 is 9.30 Å². The van der Waals surface area contributed by atoms with Gasteiger partial charge in [0.15, 0.2) is 12.0 Å². The van der Waals surface area contributed by atoms with Crippen molar-refractivity contribution >= 4 is 46.7 Å². The minimum absolute atomic E-state index is 0.213. The smallest absolute Gasteiger partial charge is 0.213 e. The number of nitriles is 1. The van der Waals surface area contributed by atoms with Gasteiger partial charge in [-0.25, -0.2) is 0 Å². The zero-order valence-corrected chi connectivity index (χ0v) is 18.1. The standard InChI is InChI=1S/C21H20Cl3N3O2/c1-26-20(13-28,29-14-21(22,23)24)8-6-18-17-5-3-2-4-16(17)7-9-27-12-15(11-25)10-19(18)27/h2-6,10,12-13,26H,7-9,14H2,1H3. The summed E-state index contributed by atoms with van der Waals surface area (Å²) in [5.41, 5.74) is 3.36. The Labute approximate surface area is 184 Å². The average Bonchev–Trinajstić information content (AvgIpc) is 3.06. The molecule has 0 spiro atoms. The summed E-state index contributed by atoms with van der Waals surface area (Å²) in [4.78, 5) is 11.9. The van der Waals surface area contributed by atoms with Crippen molar-refractivity contribution in [1.82, 2.24) is 9.88 Å². The average molecular weight is 453 g/mol. The first-order chi connectivity index (χ1) is 13.8. The SMILES string of the molecule is CNC(C=O)(CC=C1c2ccccc2CCn2cc(C#N)cc21)OCC(Cl)(Cl)Cl. The van der Waals surface area contributed by atoms with E-state index in [4.69, 9.17) is 39.5 Å². The van der Waals surface area contributed by atoms with Crippen molar-refractivity contribution in [3.63, 3.8) is 0 Å². The maximum absolute atomic E-state index is 11.9. The molecule has 0 bridgehead atoms. The Bertz CT molecular complexity index is 972. The van der Waals surface area contributed by atoms with Gasteiger partial charge in [-0.15, -0.1) is 0 Å². The minimum atomic E-state index is -1.64. The second kappa shape index (κ2) is 8.91. The number of aryl methyl sites for hydroxylation is 2. The first-order valence-corrected chi connectivity index (χ1v) is 10.2. The third-order valence-corrected chi connectivity index (χ3v) is 5.27. The van der Waals surface area contributed by atoms with Crippen LogP contribution in [0.25, 0.3) is 5.57 Å². The summed E-state index contributed by atoms with van der Waals surface area (Å²) in [6.07, 6.45) is 5.50. The van der Waals surface area contributed by atoms with Crippen molar-refractivity contribution in [2.24, 2.45) is 0 Å². The number of fused-ring (bicyclic) bond motifs is 2. The van der Waals surface area contributed by atoms with E-state index in [0.717, 1.165) is 29.8 Å². The number of nitrogens with one attached hydrogen (secondary N) is 1. The number of aldehydes is 1. The molecule has 2 aromatic rings. The van der Waals surface area contributed by atoms with Gasteiger partial charge in [0.25, 0.3) is 0 Å². The van der Waals surface area contributed by atoms with Crippen LogP contribution in [0.2, 0.25) is 0 Å². The number of nitrogens with zero attached hydrogens (tertiary/aromatic N) is 2. The van der Waals surface area contributed by atoms with Crippen LogP contribution in [0.5, 0.6) is 0 Å². The van der Waals surface area contributed by atoms with Crippen LogP contribution in [0.15, 0.2) is 42.6 Å². The number of hydrogen-bond donors (Lipinski definition) is 1. The van der Waals surface area contributed by atoms with Gasteiger partial charge in [0, 0.05) is 30.4 Å². The fourth-order valence-electron chi connectivity index (χ4n) is 3.42. The maximum Gasteiger partial charge on any atom is 0.213 e. The predicted molar refractivity (Wildman–Crippen MR) is 115 cm³/mol. The van der Waals surface area contributed by atoms with E-state index in [9.17, 15) is 10.1 Å². The summed E-state index contributed by atoms with van der Waals surface area (Å²) in [6, 6.07) is 12.2. The second-order valence-corrected chi connectivity index (χ2v) is 9.33. The van der Waals surface area contributed by atoms with E-state index < -0.39 is 9.52 Å². The molecule has 5 nitrogen and oxygen atoms in total. The Kier molecular flexibility index (Phi) is 6.72. The summed E-state index contributed by atoms with van der Waals surface area (Å²) in [6.45, 7) is 0.520.